The van der Waals surface area contributed by atoms with Crippen LogP contribution in [0.5, 0.6) is 17.2 Å². The fraction of sp³-hybridized carbons (Fsp3) is 0.167. The van der Waals surface area contributed by atoms with Gasteiger partial charge in [-0.15, -0.1) is 0 Å². The van der Waals surface area contributed by atoms with Crippen LogP contribution >= 0.6 is 0 Å². The molecule has 0 aliphatic heterocycles. The quantitative estimate of drug-likeness (QED) is 0.244. The van der Waals surface area contributed by atoms with Crippen molar-refractivity contribution in [2.45, 2.75) is 6.92 Å². The Balaban J connectivity index is 1.61. The average Bonchev–Trinajstić information content (AvgIpc) is 2.84. The predicted molar refractivity (Wildman–Crippen MR) is 129 cm³/mol. The lowest BCUT2D eigenvalue weighted by molar-refractivity contribution is -0.384. The van der Waals surface area contributed by atoms with Gasteiger partial charge in [-0.05, 0) is 55.0 Å². The number of carbonyl (C=O) groups excluding carboxylic acids is 1. The van der Waals surface area contributed by atoms with Crippen LogP contribution in [0.1, 0.15) is 12.5 Å². The summed E-state index contributed by atoms with van der Waals surface area (Å²) in [6.07, 6.45) is 1.57. The standard InChI is InChI=1S/C24H24N4O6/c1-3-33-23-14-17(15-25-27-18-9-11-19(12-10-18)28(30)31)8-13-22(23)34-16-24(29)26-20-6-4-5-7-21(20)32-2/h4-15,27H,3,16H2,1-2H3,(H,26,29)/b25-15+. The van der Waals surface area contributed by atoms with Crippen molar-refractivity contribution in [1.82, 2.24) is 0 Å². The topological polar surface area (TPSA) is 124 Å². The molecule has 0 aliphatic rings. The fourth-order valence-electron chi connectivity index (χ4n) is 2.91. The second-order valence-electron chi connectivity index (χ2n) is 6.85. The Morgan fingerprint density at radius 2 is 1.79 bits per heavy atom. The first-order valence-corrected chi connectivity index (χ1v) is 10.4. The number of rotatable bonds is 11. The van der Waals surface area contributed by atoms with E-state index in [-0.39, 0.29) is 18.2 Å². The van der Waals surface area contributed by atoms with E-state index in [9.17, 15) is 14.9 Å². The van der Waals surface area contributed by atoms with E-state index in [1.807, 2.05) is 13.0 Å². The molecule has 0 spiro atoms. The van der Waals surface area contributed by atoms with Crippen LogP contribution < -0.4 is 25.0 Å². The molecular weight excluding hydrogens is 440 g/mol. The number of benzene rings is 3. The Morgan fingerprint density at radius 1 is 1.03 bits per heavy atom. The average molecular weight is 464 g/mol. The molecule has 0 aromatic heterocycles. The molecule has 0 radical (unpaired) electrons. The molecule has 1 amide bonds. The minimum atomic E-state index is -0.464. The number of nitro benzene ring substituents is 1. The van der Waals surface area contributed by atoms with Gasteiger partial charge in [-0.1, -0.05) is 12.1 Å². The van der Waals surface area contributed by atoms with E-state index in [1.165, 1.54) is 19.2 Å². The number of nitrogens with one attached hydrogen (secondary N) is 2. The number of hydrogen-bond donors (Lipinski definition) is 2. The summed E-state index contributed by atoms with van der Waals surface area (Å²) < 4.78 is 16.5. The zero-order valence-corrected chi connectivity index (χ0v) is 18.7. The number of carbonyl (C=O) groups is 1. The van der Waals surface area contributed by atoms with Gasteiger partial charge < -0.3 is 19.5 Å². The first kappa shape index (κ1) is 24.1. The lowest BCUT2D eigenvalue weighted by Gasteiger charge is -2.13. The number of non-ortho nitro benzene ring substituents is 1. The number of ether oxygens (including phenoxy) is 3. The van der Waals surface area contributed by atoms with E-state index in [2.05, 4.69) is 15.8 Å². The number of para-hydroxylation sites is 2. The van der Waals surface area contributed by atoms with E-state index < -0.39 is 4.92 Å². The summed E-state index contributed by atoms with van der Waals surface area (Å²) in [6.45, 7) is 2.04. The summed E-state index contributed by atoms with van der Waals surface area (Å²) in [5.41, 5.74) is 4.69. The molecule has 0 heterocycles. The molecule has 0 unspecified atom stereocenters. The van der Waals surface area contributed by atoms with Crippen LogP contribution in [0.2, 0.25) is 0 Å². The third-order valence-electron chi connectivity index (χ3n) is 4.49. The summed E-state index contributed by atoms with van der Waals surface area (Å²) in [7, 11) is 1.53. The van der Waals surface area contributed by atoms with Gasteiger partial charge in [-0.3, -0.25) is 20.3 Å². The van der Waals surface area contributed by atoms with E-state index in [0.29, 0.717) is 35.2 Å². The van der Waals surface area contributed by atoms with Crippen LogP contribution in [-0.4, -0.2) is 37.4 Å². The van der Waals surface area contributed by atoms with E-state index in [0.717, 1.165) is 5.56 Å². The molecular formula is C24H24N4O6. The lowest BCUT2D eigenvalue weighted by atomic mass is 10.2. The van der Waals surface area contributed by atoms with Crippen LogP contribution in [-0.2, 0) is 4.79 Å². The maximum absolute atomic E-state index is 12.3. The van der Waals surface area contributed by atoms with Gasteiger partial charge >= 0.3 is 0 Å². The highest BCUT2D eigenvalue weighted by atomic mass is 16.6. The molecule has 10 heteroatoms. The Morgan fingerprint density at radius 3 is 2.50 bits per heavy atom. The molecule has 10 nitrogen and oxygen atoms in total. The Bertz CT molecular complexity index is 1160. The van der Waals surface area contributed by atoms with Crippen molar-refractivity contribution < 1.29 is 23.9 Å². The molecule has 2 N–H and O–H groups in total. The third kappa shape index (κ3) is 6.70. The molecule has 0 saturated carbocycles. The number of hydrazone groups is 1. The Kier molecular flexibility index (Phi) is 8.39. The molecule has 34 heavy (non-hydrogen) atoms. The molecule has 0 aliphatic carbocycles. The van der Waals surface area contributed by atoms with E-state index in [4.69, 9.17) is 14.2 Å². The molecule has 3 aromatic rings. The van der Waals surface area contributed by atoms with Crippen molar-refractivity contribution in [3.63, 3.8) is 0 Å². The maximum atomic E-state index is 12.3. The van der Waals surface area contributed by atoms with Crippen LogP contribution in [0, 0.1) is 10.1 Å². The molecule has 0 atom stereocenters. The van der Waals surface area contributed by atoms with Gasteiger partial charge in [-0.25, -0.2) is 0 Å². The van der Waals surface area contributed by atoms with E-state index in [1.54, 1.807) is 54.7 Å². The molecule has 0 bridgehead atoms. The highest BCUT2D eigenvalue weighted by molar-refractivity contribution is 5.93. The van der Waals surface area contributed by atoms with Gasteiger partial charge in [-0.2, -0.15) is 5.10 Å². The number of hydrogen-bond acceptors (Lipinski definition) is 8. The Labute approximate surface area is 196 Å². The second-order valence-corrected chi connectivity index (χ2v) is 6.85. The van der Waals surface area contributed by atoms with Crippen molar-refractivity contribution in [2.75, 3.05) is 31.1 Å². The highest BCUT2D eigenvalue weighted by Gasteiger charge is 2.11. The third-order valence-corrected chi connectivity index (χ3v) is 4.49. The van der Waals surface area contributed by atoms with Crippen LogP contribution in [0.3, 0.4) is 0 Å². The summed E-state index contributed by atoms with van der Waals surface area (Å²) in [5.74, 6) is 1.09. The summed E-state index contributed by atoms with van der Waals surface area (Å²) in [6, 6.07) is 18.2. The lowest BCUT2D eigenvalue weighted by Crippen LogP contribution is -2.20. The fourth-order valence-corrected chi connectivity index (χ4v) is 2.91. The van der Waals surface area contributed by atoms with Gasteiger partial charge in [0.15, 0.2) is 18.1 Å². The summed E-state index contributed by atoms with van der Waals surface area (Å²) >= 11 is 0. The number of methoxy groups -OCH3 is 1. The van der Waals surface area contributed by atoms with Gasteiger partial charge in [0, 0.05) is 12.1 Å². The van der Waals surface area contributed by atoms with Crippen molar-refractivity contribution in [2.24, 2.45) is 5.10 Å². The van der Waals surface area contributed by atoms with Crippen molar-refractivity contribution in [3.8, 4) is 17.2 Å². The molecule has 0 fully saturated rings. The minimum absolute atomic E-state index is 0.00284. The first-order chi connectivity index (χ1) is 16.5. The second kappa shape index (κ2) is 11.9. The van der Waals surface area contributed by atoms with Crippen LogP contribution in [0.4, 0.5) is 17.1 Å². The SMILES string of the molecule is CCOc1cc(/C=N/Nc2ccc([N+](=O)[O-])cc2)ccc1OCC(=O)Nc1ccccc1OC. The van der Waals surface area contributed by atoms with Gasteiger partial charge in [0.2, 0.25) is 0 Å². The maximum Gasteiger partial charge on any atom is 0.269 e. The first-order valence-electron chi connectivity index (χ1n) is 10.4. The van der Waals surface area contributed by atoms with Crippen molar-refractivity contribution in [3.05, 3.63) is 82.4 Å². The largest absolute Gasteiger partial charge is 0.495 e. The number of amides is 1. The van der Waals surface area contributed by atoms with E-state index >= 15 is 0 Å². The van der Waals surface area contributed by atoms with Crippen LogP contribution in [0.25, 0.3) is 0 Å². The van der Waals surface area contributed by atoms with Crippen LogP contribution in [0.15, 0.2) is 71.8 Å². The molecule has 0 saturated heterocycles. The van der Waals surface area contributed by atoms with Crippen molar-refractivity contribution >= 4 is 29.2 Å². The van der Waals surface area contributed by atoms with Gasteiger partial charge in [0.25, 0.3) is 11.6 Å². The van der Waals surface area contributed by atoms with Gasteiger partial charge in [0.1, 0.15) is 5.75 Å². The minimum Gasteiger partial charge on any atom is -0.495 e. The molecule has 176 valence electrons. The monoisotopic (exact) mass is 464 g/mol. The number of nitro groups is 1. The van der Waals surface area contributed by atoms with Gasteiger partial charge in [0.05, 0.1) is 36.2 Å². The predicted octanol–water partition coefficient (Wildman–Crippen LogP) is 4.47. The normalized spacial score (nSPS) is 10.5. The zero-order valence-electron chi connectivity index (χ0n) is 18.7. The smallest absolute Gasteiger partial charge is 0.269 e. The highest BCUT2D eigenvalue weighted by Crippen LogP contribution is 2.28. The molecule has 3 aromatic carbocycles. The zero-order chi connectivity index (χ0) is 24.3. The molecule has 3 rings (SSSR count). The summed E-state index contributed by atoms with van der Waals surface area (Å²) in [4.78, 5) is 22.6. The number of anilines is 2. The summed E-state index contributed by atoms with van der Waals surface area (Å²) in [5, 5.41) is 17.6. The number of nitrogens with zero attached hydrogens (tertiary/aromatic N) is 2. The van der Waals surface area contributed by atoms with Crippen molar-refractivity contribution in [1.29, 1.82) is 0 Å². The Hall–Kier alpha value is -4.60.